The fraction of sp³-hybridized carbons (Fsp3) is 0.200. The van der Waals surface area contributed by atoms with Crippen LogP contribution < -0.4 is 11.1 Å². The number of aryl methyl sites for hydroxylation is 1. The SMILES string of the molecule is Cc1ccc(Cl)cc1C(=O)NCC(N)=O. The van der Waals surface area contributed by atoms with E-state index in [2.05, 4.69) is 5.32 Å². The number of amides is 2. The monoisotopic (exact) mass is 226 g/mol. The van der Waals surface area contributed by atoms with Gasteiger partial charge in [0.25, 0.3) is 5.91 Å². The summed E-state index contributed by atoms with van der Waals surface area (Å²) in [6.45, 7) is 1.61. The lowest BCUT2D eigenvalue weighted by Crippen LogP contribution is -2.33. The van der Waals surface area contributed by atoms with Gasteiger partial charge in [-0.1, -0.05) is 17.7 Å². The van der Waals surface area contributed by atoms with Crippen LogP contribution in [0.15, 0.2) is 18.2 Å². The van der Waals surface area contributed by atoms with E-state index in [0.29, 0.717) is 10.6 Å². The highest BCUT2D eigenvalue weighted by Gasteiger charge is 2.09. The van der Waals surface area contributed by atoms with Crippen LogP contribution in [0.25, 0.3) is 0 Å². The molecular formula is C10H11ClN2O2. The van der Waals surface area contributed by atoms with E-state index in [1.807, 2.05) is 0 Å². The molecule has 0 aliphatic carbocycles. The van der Waals surface area contributed by atoms with Crippen molar-refractivity contribution in [2.75, 3.05) is 6.54 Å². The highest BCUT2D eigenvalue weighted by molar-refractivity contribution is 6.31. The van der Waals surface area contributed by atoms with Gasteiger partial charge in [-0.15, -0.1) is 0 Å². The second-order valence-electron chi connectivity index (χ2n) is 3.11. The number of hydrogen-bond acceptors (Lipinski definition) is 2. The van der Waals surface area contributed by atoms with Crippen molar-refractivity contribution in [3.05, 3.63) is 34.3 Å². The normalized spacial score (nSPS) is 9.73. The molecule has 1 aromatic carbocycles. The zero-order valence-corrected chi connectivity index (χ0v) is 8.97. The zero-order valence-electron chi connectivity index (χ0n) is 8.21. The Hall–Kier alpha value is -1.55. The zero-order chi connectivity index (χ0) is 11.4. The summed E-state index contributed by atoms with van der Waals surface area (Å²) < 4.78 is 0. The van der Waals surface area contributed by atoms with E-state index >= 15 is 0 Å². The second-order valence-corrected chi connectivity index (χ2v) is 3.54. The third-order valence-electron chi connectivity index (χ3n) is 1.87. The molecule has 3 N–H and O–H groups in total. The van der Waals surface area contributed by atoms with E-state index in [-0.39, 0.29) is 12.5 Å². The average molecular weight is 227 g/mol. The van der Waals surface area contributed by atoms with Crippen LogP contribution in [0.5, 0.6) is 0 Å². The maximum Gasteiger partial charge on any atom is 0.252 e. The van der Waals surface area contributed by atoms with E-state index in [0.717, 1.165) is 5.56 Å². The first-order chi connectivity index (χ1) is 7.00. The summed E-state index contributed by atoms with van der Waals surface area (Å²) in [5.74, 6) is -0.933. The van der Waals surface area contributed by atoms with Crippen LogP contribution in [0, 0.1) is 6.92 Å². The number of primary amides is 1. The number of rotatable bonds is 3. The topological polar surface area (TPSA) is 72.2 Å². The predicted molar refractivity (Wildman–Crippen MR) is 57.7 cm³/mol. The summed E-state index contributed by atoms with van der Waals surface area (Å²) in [6, 6.07) is 4.98. The van der Waals surface area contributed by atoms with Crippen molar-refractivity contribution in [2.45, 2.75) is 6.92 Å². The molecule has 0 bridgehead atoms. The Morgan fingerprint density at radius 2 is 2.13 bits per heavy atom. The molecule has 0 aliphatic rings. The van der Waals surface area contributed by atoms with Gasteiger partial charge < -0.3 is 11.1 Å². The first-order valence-corrected chi connectivity index (χ1v) is 4.71. The Labute approximate surface area is 92.4 Å². The quantitative estimate of drug-likeness (QED) is 0.803. The summed E-state index contributed by atoms with van der Waals surface area (Å²) in [5.41, 5.74) is 6.15. The van der Waals surface area contributed by atoms with Crippen molar-refractivity contribution < 1.29 is 9.59 Å². The lowest BCUT2D eigenvalue weighted by molar-refractivity contribution is -0.117. The number of hydrogen-bond donors (Lipinski definition) is 2. The second kappa shape index (κ2) is 4.79. The van der Waals surface area contributed by atoms with E-state index in [1.54, 1.807) is 25.1 Å². The van der Waals surface area contributed by atoms with Crippen LogP contribution in [-0.4, -0.2) is 18.4 Å². The van der Waals surface area contributed by atoms with Crippen LogP contribution in [0.1, 0.15) is 15.9 Å². The molecule has 0 radical (unpaired) electrons. The summed E-state index contributed by atoms with van der Waals surface area (Å²) in [7, 11) is 0. The highest BCUT2D eigenvalue weighted by Crippen LogP contribution is 2.14. The van der Waals surface area contributed by atoms with Gasteiger partial charge in [-0.2, -0.15) is 0 Å². The van der Waals surface area contributed by atoms with Crippen LogP contribution in [-0.2, 0) is 4.79 Å². The Morgan fingerprint density at radius 1 is 1.47 bits per heavy atom. The molecule has 4 nitrogen and oxygen atoms in total. The molecule has 1 aromatic rings. The molecule has 0 atom stereocenters. The fourth-order valence-electron chi connectivity index (χ4n) is 1.10. The molecule has 0 saturated carbocycles. The maximum atomic E-state index is 11.5. The Balaban J connectivity index is 2.81. The van der Waals surface area contributed by atoms with E-state index in [1.165, 1.54) is 0 Å². The summed E-state index contributed by atoms with van der Waals surface area (Å²) >= 11 is 5.75. The molecule has 0 heterocycles. The summed E-state index contributed by atoms with van der Waals surface area (Å²) in [4.78, 5) is 22.0. The van der Waals surface area contributed by atoms with Crippen molar-refractivity contribution in [3.8, 4) is 0 Å². The molecule has 2 amide bonds. The van der Waals surface area contributed by atoms with Gasteiger partial charge in [0.2, 0.25) is 5.91 Å². The molecule has 0 fully saturated rings. The number of nitrogens with one attached hydrogen (secondary N) is 1. The molecule has 0 unspecified atom stereocenters. The van der Waals surface area contributed by atoms with E-state index in [9.17, 15) is 9.59 Å². The number of benzene rings is 1. The van der Waals surface area contributed by atoms with Gasteiger partial charge in [-0.3, -0.25) is 9.59 Å². The van der Waals surface area contributed by atoms with Crippen molar-refractivity contribution in [2.24, 2.45) is 5.73 Å². The Morgan fingerprint density at radius 3 is 2.73 bits per heavy atom. The van der Waals surface area contributed by atoms with Crippen LogP contribution in [0.3, 0.4) is 0 Å². The minimum Gasteiger partial charge on any atom is -0.368 e. The largest absolute Gasteiger partial charge is 0.368 e. The van der Waals surface area contributed by atoms with Crippen LogP contribution in [0.4, 0.5) is 0 Å². The summed E-state index contributed by atoms with van der Waals surface area (Å²) in [5, 5.41) is 2.87. The lowest BCUT2D eigenvalue weighted by Gasteiger charge is -2.06. The first-order valence-electron chi connectivity index (χ1n) is 4.33. The van der Waals surface area contributed by atoms with Gasteiger partial charge in [-0.25, -0.2) is 0 Å². The number of carbonyl (C=O) groups is 2. The molecule has 5 heteroatoms. The minimum atomic E-state index is -0.581. The molecule has 0 aliphatic heterocycles. The standard InChI is InChI=1S/C10H11ClN2O2/c1-6-2-3-7(11)4-8(6)10(15)13-5-9(12)14/h2-4H,5H2,1H3,(H2,12,14)(H,13,15). The Bertz CT molecular complexity index is 404. The average Bonchev–Trinajstić information content (AvgIpc) is 2.18. The van der Waals surface area contributed by atoms with Gasteiger partial charge in [0.05, 0.1) is 6.54 Å². The molecule has 1 rings (SSSR count). The third-order valence-corrected chi connectivity index (χ3v) is 2.10. The Kier molecular flexibility index (Phi) is 3.68. The molecule has 0 spiro atoms. The van der Waals surface area contributed by atoms with Crippen LogP contribution >= 0.6 is 11.6 Å². The third kappa shape index (κ3) is 3.25. The van der Waals surface area contributed by atoms with Gasteiger partial charge in [0.1, 0.15) is 0 Å². The van der Waals surface area contributed by atoms with Crippen molar-refractivity contribution in [3.63, 3.8) is 0 Å². The summed E-state index contributed by atoms with van der Waals surface area (Å²) in [6.07, 6.45) is 0. The van der Waals surface area contributed by atoms with Crippen molar-refractivity contribution in [1.82, 2.24) is 5.32 Å². The first kappa shape index (κ1) is 11.5. The molecule has 80 valence electrons. The fourth-order valence-corrected chi connectivity index (χ4v) is 1.27. The predicted octanol–water partition coefficient (Wildman–Crippen LogP) is 0.864. The van der Waals surface area contributed by atoms with E-state index < -0.39 is 5.91 Å². The maximum absolute atomic E-state index is 11.5. The van der Waals surface area contributed by atoms with E-state index in [4.69, 9.17) is 17.3 Å². The molecule has 0 aromatic heterocycles. The van der Waals surface area contributed by atoms with Crippen molar-refractivity contribution >= 4 is 23.4 Å². The number of halogens is 1. The molecule has 0 saturated heterocycles. The van der Waals surface area contributed by atoms with Gasteiger partial charge >= 0.3 is 0 Å². The van der Waals surface area contributed by atoms with Gasteiger partial charge in [0, 0.05) is 10.6 Å². The number of carbonyl (C=O) groups excluding carboxylic acids is 2. The smallest absolute Gasteiger partial charge is 0.252 e. The van der Waals surface area contributed by atoms with Crippen molar-refractivity contribution in [1.29, 1.82) is 0 Å². The van der Waals surface area contributed by atoms with Gasteiger partial charge in [-0.05, 0) is 24.6 Å². The lowest BCUT2D eigenvalue weighted by atomic mass is 10.1. The molecular weight excluding hydrogens is 216 g/mol. The van der Waals surface area contributed by atoms with Crippen LogP contribution in [0.2, 0.25) is 5.02 Å². The number of nitrogens with two attached hydrogens (primary N) is 1. The minimum absolute atomic E-state index is 0.176. The van der Waals surface area contributed by atoms with Gasteiger partial charge in [0.15, 0.2) is 0 Å². The molecule has 15 heavy (non-hydrogen) atoms. The highest BCUT2D eigenvalue weighted by atomic mass is 35.5.